The molecule has 12 aromatic carbocycles. The van der Waals surface area contributed by atoms with E-state index in [1.807, 2.05) is 0 Å². The minimum Gasteiger partial charge on any atom is -0.201 e. The summed E-state index contributed by atoms with van der Waals surface area (Å²) in [6.07, 6.45) is 11.2. The van der Waals surface area contributed by atoms with Crippen molar-refractivity contribution in [1.82, 2.24) is 0 Å². The first-order valence-electron chi connectivity index (χ1n) is 45.2. The van der Waals surface area contributed by atoms with E-state index in [0.29, 0.717) is 0 Å². The summed E-state index contributed by atoms with van der Waals surface area (Å²) in [5.41, 5.74) is 49.6. The van der Waals surface area contributed by atoms with Gasteiger partial charge in [-0.2, -0.15) is 0 Å². The zero-order chi connectivity index (χ0) is 88.4. The molecular weight excluding hydrogens is 1500 g/mol. The monoisotopic (exact) mass is 1630 g/mol. The molecule has 0 unspecified atom stereocenters. The van der Waals surface area contributed by atoms with Crippen molar-refractivity contribution in [2.45, 2.75) is 212 Å². The van der Waals surface area contributed by atoms with Crippen LogP contribution in [0, 0.1) is 83.1 Å². The minimum atomic E-state index is -0.0490. The van der Waals surface area contributed by atoms with Crippen molar-refractivity contribution in [3.05, 3.63) is 354 Å². The maximum atomic E-state index is 2.47. The van der Waals surface area contributed by atoms with Gasteiger partial charge in [0, 0.05) is 73.9 Å². The number of rotatable bonds is 4. The highest BCUT2D eigenvalue weighted by Crippen LogP contribution is 2.61. The Hall–Kier alpha value is -11.7. The Bertz CT molecular complexity index is 7080. The smallest absolute Gasteiger partial charge is 0.201 e. The Morgan fingerprint density at radius 3 is 1.06 bits per heavy atom. The first-order valence-corrected chi connectivity index (χ1v) is 45.2. The first kappa shape index (κ1) is 84.5. The van der Waals surface area contributed by atoms with E-state index in [1.54, 1.807) is 0 Å². The standard InChI is InChI=1S/3C31H34N.C27H26N/c1-19-13-15-25-24-16-14-22-11-9-10-12-23(22)28(24)30(4,5)31(6,7)29(25)27(19)26-17-20(2)21(3)18-32(26)8;1-19-16-28(32(8)18-21(19)3)24-17-25-27(15-20(24)2)31(6,7)30(4,5)26-14-13-22-11-9-10-12-23(22)29(25)26;1-19-16-28(32(8)18-21(19)3)25-17-26-24-14-13-22-11-9-10-12-23(22)29(24)31(6,7)30(4,5)27(26)15-20(25)2;1-17-9-11-23-24(27(17)26-13-18(2)19(3)16-28(26)4)12-10-22-14-20-7-5-6-8-21(20)15-25(22)23/h3*9-18H,1-8H3;5-9,11,13-16H,10,12H2,1-4H3/q4*+1. The van der Waals surface area contributed by atoms with Crippen LogP contribution >= 0.6 is 0 Å². The van der Waals surface area contributed by atoms with Crippen LogP contribution in [0.25, 0.3) is 133 Å². The number of hydrogen-bond donors (Lipinski definition) is 0. The summed E-state index contributed by atoms with van der Waals surface area (Å²) in [4.78, 5) is 0. The molecule has 0 spiro atoms. The molecule has 4 aliphatic rings. The van der Waals surface area contributed by atoms with E-state index in [2.05, 4.69) is 456 Å². The van der Waals surface area contributed by atoms with Crippen molar-refractivity contribution in [1.29, 1.82) is 0 Å². The molecule has 16 aromatic rings. The average Bonchev–Trinajstić information content (AvgIpc) is 0.707. The zero-order valence-electron chi connectivity index (χ0n) is 79.3. The fourth-order valence-electron chi connectivity index (χ4n) is 21.9. The third-order valence-electron chi connectivity index (χ3n) is 31.8. The molecule has 0 amide bonds. The molecule has 624 valence electrons. The van der Waals surface area contributed by atoms with Crippen molar-refractivity contribution in [2.24, 2.45) is 28.2 Å². The lowest BCUT2D eigenvalue weighted by Gasteiger charge is -2.49. The van der Waals surface area contributed by atoms with Gasteiger partial charge in [0.15, 0.2) is 24.8 Å². The Kier molecular flexibility index (Phi) is 20.9. The third kappa shape index (κ3) is 13.4. The highest BCUT2D eigenvalue weighted by molar-refractivity contribution is 6.03. The summed E-state index contributed by atoms with van der Waals surface area (Å²) in [7, 11) is 8.68. The van der Waals surface area contributed by atoms with E-state index in [0.717, 1.165) is 12.8 Å². The summed E-state index contributed by atoms with van der Waals surface area (Å²) in [5, 5.41) is 10.8. The van der Waals surface area contributed by atoms with Crippen LogP contribution in [0.4, 0.5) is 0 Å². The summed E-state index contributed by atoms with van der Waals surface area (Å²) >= 11 is 0. The molecule has 0 aliphatic heterocycles. The van der Waals surface area contributed by atoms with Crippen molar-refractivity contribution in [3.63, 3.8) is 0 Å². The van der Waals surface area contributed by atoms with Crippen LogP contribution in [0.15, 0.2) is 243 Å². The van der Waals surface area contributed by atoms with Crippen LogP contribution in [-0.4, -0.2) is 0 Å². The Morgan fingerprint density at radius 1 is 0.210 bits per heavy atom. The van der Waals surface area contributed by atoms with Crippen LogP contribution in [0.3, 0.4) is 0 Å². The lowest BCUT2D eigenvalue weighted by atomic mass is 9.53. The molecule has 4 heterocycles. The van der Waals surface area contributed by atoms with Gasteiger partial charge in [0.25, 0.3) is 0 Å². The SMILES string of the molecule is Cc1cc(-c2c(C)ccc3c2C(C)(C)C(C)(C)c2c-3ccc3ccccc23)[n+](C)cc1C.Cc1cc(-c2c(C)ccc3c2CCc2cc4ccccc4cc2-3)[n+](C)cc1C.Cc1cc(-c2cc3c(cc2C)C(C)(C)C(C)(C)c2c-3ccc3ccccc23)[n+](C)cc1C.Cc1cc(-c2cc3c(cc2C)C(C)(C)C(C)(C)c2ccc4ccccc4c2-3)[n+](C)cc1C. The average molecular weight is 1630 g/mol. The molecular formula is C120H128N4+4. The predicted molar refractivity (Wildman–Crippen MR) is 526 cm³/mol. The molecule has 0 atom stereocenters. The van der Waals surface area contributed by atoms with Gasteiger partial charge in [-0.1, -0.05) is 259 Å². The first-order chi connectivity index (χ1) is 58.6. The molecule has 0 saturated carbocycles. The number of fused-ring (bicyclic) bond motifs is 19. The number of hydrogen-bond acceptors (Lipinski definition) is 0. The summed E-state index contributed by atoms with van der Waals surface area (Å²) in [6.45, 7) is 55.8. The van der Waals surface area contributed by atoms with Crippen LogP contribution in [-0.2, 0) is 73.5 Å². The molecule has 4 nitrogen and oxygen atoms in total. The van der Waals surface area contributed by atoms with Gasteiger partial charge in [-0.25, -0.2) is 18.3 Å². The van der Waals surface area contributed by atoms with E-state index in [4.69, 9.17) is 0 Å². The quantitative estimate of drug-likeness (QED) is 0.156. The highest BCUT2D eigenvalue weighted by Gasteiger charge is 2.51. The van der Waals surface area contributed by atoms with Gasteiger partial charge in [0.2, 0.25) is 22.8 Å². The second-order valence-corrected chi connectivity index (χ2v) is 40.7. The van der Waals surface area contributed by atoms with Crippen LogP contribution in [0.5, 0.6) is 0 Å². The van der Waals surface area contributed by atoms with Gasteiger partial charge >= 0.3 is 0 Å². The molecule has 0 fully saturated rings. The summed E-state index contributed by atoms with van der Waals surface area (Å²) in [5.74, 6) is 0. The second-order valence-electron chi connectivity index (χ2n) is 40.7. The molecule has 0 radical (unpaired) electrons. The molecule has 0 N–H and O–H groups in total. The fourth-order valence-corrected chi connectivity index (χ4v) is 21.9. The third-order valence-corrected chi connectivity index (χ3v) is 31.8. The largest absolute Gasteiger partial charge is 0.213 e. The fraction of sp³-hybridized carbons (Fsp3) is 0.300. The van der Waals surface area contributed by atoms with E-state index in [9.17, 15) is 0 Å². The number of nitrogens with zero attached hydrogens (tertiary/aromatic N) is 4. The van der Waals surface area contributed by atoms with E-state index in [1.165, 1.54) is 244 Å². The van der Waals surface area contributed by atoms with Crippen molar-refractivity contribution in [2.75, 3.05) is 0 Å². The molecule has 20 rings (SSSR count). The van der Waals surface area contributed by atoms with Gasteiger partial charge in [0.05, 0.1) is 11.1 Å². The number of aromatic nitrogens is 4. The predicted octanol–water partition coefficient (Wildman–Crippen LogP) is 28.5. The topological polar surface area (TPSA) is 15.5 Å². The number of pyridine rings is 4. The number of benzene rings is 12. The Labute approximate surface area is 740 Å². The van der Waals surface area contributed by atoms with Gasteiger partial charge < -0.3 is 0 Å². The van der Waals surface area contributed by atoms with Crippen molar-refractivity contribution < 1.29 is 18.3 Å². The van der Waals surface area contributed by atoms with Gasteiger partial charge in [-0.3, -0.25) is 0 Å². The lowest BCUT2D eigenvalue weighted by molar-refractivity contribution is -0.660. The van der Waals surface area contributed by atoms with Crippen LogP contribution in [0.2, 0.25) is 0 Å². The van der Waals surface area contributed by atoms with Gasteiger partial charge in [0.1, 0.15) is 28.2 Å². The molecule has 4 aliphatic carbocycles. The Morgan fingerprint density at radius 2 is 0.556 bits per heavy atom. The lowest BCUT2D eigenvalue weighted by Crippen LogP contribution is -2.45. The Balaban J connectivity index is 0.000000117. The van der Waals surface area contributed by atoms with Gasteiger partial charge in [-0.05, 0) is 307 Å². The number of aryl methyl sites for hydroxylation is 17. The summed E-state index contributed by atoms with van der Waals surface area (Å²) in [6, 6.07) is 82.6. The summed E-state index contributed by atoms with van der Waals surface area (Å²) < 4.78 is 9.15. The molecule has 4 aromatic heterocycles. The zero-order valence-corrected chi connectivity index (χ0v) is 79.3. The van der Waals surface area contributed by atoms with Crippen LogP contribution < -0.4 is 18.3 Å². The highest BCUT2D eigenvalue weighted by atomic mass is 14.9. The van der Waals surface area contributed by atoms with E-state index < -0.39 is 0 Å². The molecule has 124 heavy (non-hydrogen) atoms. The van der Waals surface area contributed by atoms with E-state index in [-0.39, 0.29) is 32.5 Å². The molecule has 0 saturated heterocycles. The minimum absolute atomic E-state index is 0.00806. The van der Waals surface area contributed by atoms with Gasteiger partial charge in [-0.15, -0.1) is 0 Å². The van der Waals surface area contributed by atoms with E-state index >= 15 is 0 Å². The molecule has 4 heteroatoms. The second kappa shape index (κ2) is 30.6. The molecule has 0 bridgehead atoms. The van der Waals surface area contributed by atoms with Crippen molar-refractivity contribution in [3.8, 4) is 89.5 Å². The maximum absolute atomic E-state index is 2.47. The van der Waals surface area contributed by atoms with Crippen molar-refractivity contribution >= 4 is 43.1 Å². The maximum Gasteiger partial charge on any atom is 0.213 e. The van der Waals surface area contributed by atoms with Crippen LogP contribution in [0.1, 0.15) is 194 Å². The normalized spacial score (nSPS) is 15.3.